The van der Waals surface area contributed by atoms with Gasteiger partial charge in [0.2, 0.25) is 0 Å². The maximum atomic E-state index is 13.5. The molecule has 0 radical (unpaired) electrons. The first kappa shape index (κ1) is 14.2. The number of rotatable bonds is 6. The van der Waals surface area contributed by atoms with Gasteiger partial charge in [0, 0.05) is 24.5 Å². The van der Waals surface area contributed by atoms with Crippen molar-refractivity contribution in [2.75, 3.05) is 5.32 Å². The molecule has 4 nitrogen and oxygen atoms in total. The summed E-state index contributed by atoms with van der Waals surface area (Å²) < 4.78 is 43.4. The van der Waals surface area contributed by atoms with Crippen molar-refractivity contribution in [2.24, 2.45) is 0 Å². The molecular formula is C13H14F3N3O. The van der Waals surface area contributed by atoms with Crippen LogP contribution in [-0.4, -0.2) is 16.4 Å². The van der Waals surface area contributed by atoms with Crippen LogP contribution in [0.3, 0.4) is 0 Å². The smallest absolute Gasteiger partial charge is 0.387 e. The Morgan fingerprint density at radius 1 is 1.35 bits per heavy atom. The van der Waals surface area contributed by atoms with Gasteiger partial charge in [0.15, 0.2) is 11.6 Å². The third kappa shape index (κ3) is 3.43. The van der Waals surface area contributed by atoms with Crippen LogP contribution in [0.2, 0.25) is 0 Å². The van der Waals surface area contributed by atoms with Crippen LogP contribution in [0.15, 0.2) is 30.5 Å². The van der Waals surface area contributed by atoms with E-state index < -0.39 is 18.2 Å². The van der Waals surface area contributed by atoms with Gasteiger partial charge in [0.25, 0.3) is 0 Å². The number of ether oxygens (including phenoxy) is 1. The summed E-state index contributed by atoms with van der Waals surface area (Å²) in [6.45, 7) is 0.122. The molecule has 2 aromatic rings. The molecule has 0 spiro atoms. The predicted molar refractivity (Wildman–Crippen MR) is 68.3 cm³/mol. The van der Waals surface area contributed by atoms with E-state index in [1.165, 1.54) is 12.1 Å². The average molecular weight is 285 g/mol. The number of anilines is 1. The van der Waals surface area contributed by atoms with Crippen molar-refractivity contribution in [1.29, 1.82) is 0 Å². The van der Waals surface area contributed by atoms with E-state index in [2.05, 4.69) is 15.2 Å². The topological polar surface area (TPSA) is 39.1 Å². The Hall–Kier alpha value is -2.18. The number of nitrogens with zero attached hydrogens (tertiary/aromatic N) is 2. The summed E-state index contributed by atoms with van der Waals surface area (Å²) >= 11 is 0. The second-order valence-electron chi connectivity index (χ2n) is 4.02. The van der Waals surface area contributed by atoms with Crippen molar-refractivity contribution < 1.29 is 17.9 Å². The van der Waals surface area contributed by atoms with Crippen LogP contribution < -0.4 is 10.1 Å². The van der Waals surface area contributed by atoms with E-state index in [0.717, 1.165) is 18.3 Å². The van der Waals surface area contributed by atoms with E-state index in [9.17, 15) is 13.2 Å². The lowest BCUT2D eigenvalue weighted by Crippen LogP contribution is -2.08. The Morgan fingerprint density at radius 2 is 2.15 bits per heavy atom. The molecule has 0 amide bonds. The maximum Gasteiger partial charge on any atom is 0.387 e. The van der Waals surface area contributed by atoms with E-state index in [1.807, 2.05) is 13.0 Å². The van der Waals surface area contributed by atoms with E-state index in [4.69, 9.17) is 0 Å². The molecule has 0 aliphatic heterocycles. The van der Waals surface area contributed by atoms with Crippen molar-refractivity contribution in [2.45, 2.75) is 26.6 Å². The quantitative estimate of drug-likeness (QED) is 0.885. The fourth-order valence-electron chi connectivity index (χ4n) is 1.79. The van der Waals surface area contributed by atoms with Crippen molar-refractivity contribution in [3.05, 3.63) is 42.0 Å². The summed E-state index contributed by atoms with van der Waals surface area (Å²) in [4.78, 5) is 0. The highest BCUT2D eigenvalue weighted by molar-refractivity contribution is 5.47. The van der Waals surface area contributed by atoms with Gasteiger partial charge in [-0.3, -0.25) is 4.68 Å². The zero-order valence-electron chi connectivity index (χ0n) is 10.8. The Bertz CT molecular complexity index is 572. The van der Waals surface area contributed by atoms with Gasteiger partial charge < -0.3 is 10.1 Å². The molecule has 1 aromatic heterocycles. The Morgan fingerprint density at radius 3 is 2.80 bits per heavy atom. The lowest BCUT2D eigenvalue weighted by atomic mass is 10.3. The summed E-state index contributed by atoms with van der Waals surface area (Å²) in [6, 6.07) is 5.61. The highest BCUT2D eigenvalue weighted by Crippen LogP contribution is 2.23. The molecule has 0 unspecified atom stereocenters. The van der Waals surface area contributed by atoms with Crippen LogP contribution in [0.5, 0.6) is 5.75 Å². The number of alkyl halides is 2. The molecule has 20 heavy (non-hydrogen) atoms. The number of halogens is 3. The lowest BCUT2D eigenvalue weighted by molar-refractivity contribution is -0.0521. The Balaban J connectivity index is 2.02. The number of hydrogen-bond acceptors (Lipinski definition) is 3. The molecular weight excluding hydrogens is 271 g/mol. The molecule has 1 aromatic carbocycles. The zero-order valence-corrected chi connectivity index (χ0v) is 10.8. The maximum absolute atomic E-state index is 13.5. The highest BCUT2D eigenvalue weighted by Gasteiger charge is 2.10. The minimum atomic E-state index is -3.04. The molecule has 0 saturated carbocycles. The minimum Gasteiger partial charge on any atom is -0.432 e. The normalized spacial score (nSPS) is 10.8. The summed E-state index contributed by atoms with van der Waals surface area (Å²) in [5.41, 5.74) is 1.42. The number of nitrogens with one attached hydrogen (secondary N) is 1. The van der Waals surface area contributed by atoms with Gasteiger partial charge in [-0.1, -0.05) is 0 Å². The highest BCUT2D eigenvalue weighted by atomic mass is 19.3. The molecule has 2 rings (SSSR count). The third-order valence-electron chi connectivity index (χ3n) is 2.73. The number of aryl methyl sites for hydroxylation is 1. The third-order valence-corrected chi connectivity index (χ3v) is 2.73. The molecule has 0 atom stereocenters. The van der Waals surface area contributed by atoms with Gasteiger partial charge in [-0.2, -0.15) is 13.9 Å². The van der Waals surface area contributed by atoms with E-state index >= 15 is 0 Å². The summed E-state index contributed by atoms with van der Waals surface area (Å²) in [6.07, 6.45) is 1.68. The van der Waals surface area contributed by atoms with Gasteiger partial charge in [0.1, 0.15) is 0 Å². The van der Waals surface area contributed by atoms with Gasteiger partial charge in [0.05, 0.1) is 12.2 Å². The van der Waals surface area contributed by atoms with E-state index in [-0.39, 0.29) is 0 Å². The SMILES string of the molecule is CCn1nccc1CNc1ccc(OC(F)F)c(F)c1. The van der Waals surface area contributed by atoms with E-state index in [1.54, 1.807) is 10.9 Å². The Labute approximate surface area is 114 Å². The average Bonchev–Trinajstić information content (AvgIpc) is 2.86. The summed E-state index contributed by atoms with van der Waals surface area (Å²) in [7, 11) is 0. The zero-order chi connectivity index (χ0) is 14.5. The first-order valence-corrected chi connectivity index (χ1v) is 6.09. The second kappa shape index (κ2) is 6.31. The van der Waals surface area contributed by atoms with Crippen LogP contribution in [-0.2, 0) is 13.1 Å². The van der Waals surface area contributed by atoms with Crippen LogP contribution in [0.1, 0.15) is 12.6 Å². The van der Waals surface area contributed by atoms with Crippen LogP contribution in [0.25, 0.3) is 0 Å². The molecule has 1 N–H and O–H groups in total. The lowest BCUT2D eigenvalue weighted by Gasteiger charge is -2.10. The molecule has 7 heteroatoms. The molecule has 108 valence electrons. The van der Waals surface area contributed by atoms with Gasteiger partial charge in [-0.15, -0.1) is 0 Å². The predicted octanol–water partition coefficient (Wildman–Crippen LogP) is 3.26. The molecule has 0 saturated heterocycles. The first-order chi connectivity index (χ1) is 9.60. The first-order valence-electron chi connectivity index (χ1n) is 6.09. The standard InChI is InChI=1S/C13H14F3N3O/c1-2-19-10(5-6-18-19)8-17-9-3-4-12(11(14)7-9)20-13(15)16/h3-7,13,17H,2,8H2,1H3. The van der Waals surface area contributed by atoms with Gasteiger partial charge in [-0.25, -0.2) is 4.39 Å². The second-order valence-corrected chi connectivity index (χ2v) is 4.02. The largest absolute Gasteiger partial charge is 0.432 e. The van der Waals surface area contributed by atoms with Crippen LogP contribution >= 0.6 is 0 Å². The molecule has 0 aliphatic carbocycles. The van der Waals surface area contributed by atoms with Crippen LogP contribution in [0, 0.1) is 5.82 Å². The molecule has 1 heterocycles. The Kier molecular flexibility index (Phi) is 4.49. The van der Waals surface area contributed by atoms with Crippen molar-refractivity contribution in [1.82, 2.24) is 9.78 Å². The molecule has 0 bridgehead atoms. The fraction of sp³-hybridized carbons (Fsp3) is 0.308. The fourth-order valence-corrected chi connectivity index (χ4v) is 1.79. The van der Waals surface area contributed by atoms with Gasteiger partial charge >= 0.3 is 6.61 Å². The van der Waals surface area contributed by atoms with Crippen molar-refractivity contribution >= 4 is 5.69 Å². The molecule has 0 aliphatic rings. The summed E-state index contributed by atoms with van der Waals surface area (Å²) in [5.74, 6) is -1.30. The van der Waals surface area contributed by atoms with E-state index in [0.29, 0.717) is 12.2 Å². The van der Waals surface area contributed by atoms with Crippen LogP contribution in [0.4, 0.5) is 18.9 Å². The minimum absolute atomic E-state index is 0.461. The monoisotopic (exact) mass is 285 g/mol. The number of benzene rings is 1. The van der Waals surface area contributed by atoms with Gasteiger partial charge in [-0.05, 0) is 25.1 Å². The van der Waals surface area contributed by atoms with Crippen molar-refractivity contribution in [3.8, 4) is 5.75 Å². The summed E-state index contributed by atoms with van der Waals surface area (Å²) in [5, 5.41) is 7.11. The number of hydrogen-bond donors (Lipinski definition) is 1. The molecule has 0 fully saturated rings. The van der Waals surface area contributed by atoms with Crippen molar-refractivity contribution in [3.63, 3.8) is 0 Å². The number of aromatic nitrogens is 2.